The molecule has 0 fully saturated rings. The van der Waals surface area contributed by atoms with E-state index in [0.29, 0.717) is 11.6 Å². The Morgan fingerprint density at radius 1 is 1.24 bits per heavy atom. The average Bonchev–Trinajstić information content (AvgIpc) is 2.47. The molecule has 2 aromatic carbocycles. The predicted molar refractivity (Wildman–Crippen MR) is 88.4 cm³/mol. The topological polar surface area (TPSA) is 40.5 Å². The molecule has 2 rings (SSSR count). The quantitative estimate of drug-likeness (QED) is 0.811. The largest absolute Gasteiger partial charge is 0.480 e. The van der Waals surface area contributed by atoms with E-state index < -0.39 is 5.97 Å². The molecule has 0 saturated carbocycles. The lowest BCUT2D eigenvalue weighted by atomic mass is 10.2. The average molecular weight is 322 g/mol. The van der Waals surface area contributed by atoms with Crippen LogP contribution in [0.15, 0.2) is 53.4 Å². The smallest absolute Gasteiger partial charge is 0.323 e. The van der Waals surface area contributed by atoms with E-state index in [1.165, 1.54) is 4.90 Å². The van der Waals surface area contributed by atoms with Crippen molar-refractivity contribution in [2.75, 3.05) is 17.7 Å². The van der Waals surface area contributed by atoms with Crippen LogP contribution < -0.4 is 4.90 Å². The van der Waals surface area contributed by atoms with E-state index in [2.05, 4.69) is 0 Å². The summed E-state index contributed by atoms with van der Waals surface area (Å²) in [6.07, 6.45) is 2.03. The van der Waals surface area contributed by atoms with Gasteiger partial charge in [-0.25, -0.2) is 0 Å². The summed E-state index contributed by atoms with van der Waals surface area (Å²) in [5.41, 5.74) is 1.87. The van der Waals surface area contributed by atoms with E-state index in [1.807, 2.05) is 42.7 Å². The van der Waals surface area contributed by atoms with Gasteiger partial charge in [0.05, 0.1) is 0 Å². The molecule has 0 unspecified atom stereocenters. The summed E-state index contributed by atoms with van der Waals surface area (Å²) in [7, 11) is 0. The first-order valence-electron chi connectivity index (χ1n) is 6.43. The number of carbonyl (C=O) groups is 1. The minimum atomic E-state index is -0.865. The number of carboxylic acid groups (broad SMARTS) is 1. The second kappa shape index (κ2) is 7.38. The Hall–Kier alpha value is -1.65. The summed E-state index contributed by atoms with van der Waals surface area (Å²) >= 11 is 7.67. The number of rotatable bonds is 6. The van der Waals surface area contributed by atoms with Gasteiger partial charge in [0.2, 0.25) is 0 Å². The molecule has 3 nitrogen and oxygen atoms in total. The maximum absolute atomic E-state index is 11.1. The molecule has 5 heteroatoms. The van der Waals surface area contributed by atoms with Crippen molar-refractivity contribution in [1.82, 2.24) is 0 Å². The Balaban J connectivity index is 2.21. The Labute approximate surface area is 133 Å². The van der Waals surface area contributed by atoms with Crippen LogP contribution in [0.2, 0.25) is 5.02 Å². The van der Waals surface area contributed by atoms with Crippen LogP contribution in [0.4, 0.5) is 5.69 Å². The number of halogens is 1. The lowest BCUT2D eigenvalue weighted by molar-refractivity contribution is -0.135. The third-order valence-corrected chi connectivity index (χ3v) is 4.01. The number of anilines is 1. The van der Waals surface area contributed by atoms with Gasteiger partial charge in [-0.2, -0.15) is 0 Å². The van der Waals surface area contributed by atoms with Crippen LogP contribution in [0.5, 0.6) is 0 Å². The molecule has 0 radical (unpaired) electrons. The first kappa shape index (κ1) is 15.7. The van der Waals surface area contributed by atoms with E-state index in [-0.39, 0.29) is 6.54 Å². The Morgan fingerprint density at radius 2 is 1.95 bits per heavy atom. The highest BCUT2D eigenvalue weighted by molar-refractivity contribution is 7.98. The number of hydrogen-bond donors (Lipinski definition) is 1. The van der Waals surface area contributed by atoms with Crippen molar-refractivity contribution in [3.8, 4) is 0 Å². The molecule has 0 spiro atoms. The van der Waals surface area contributed by atoms with Gasteiger partial charge in [0.1, 0.15) is 6.54 Å². The summed E-state index contributed by atoms with van der Waals surface area (Å²) in [6, 6.07) is 15.4. The summed E-state index contributed by atoms with van der Waals surface area (Å²) < 4.78 is 0. The second-order valence-electron chi connectivity index (χ2n) is 4.58. The van der Waals surface area contributed by atoms with Crippen LogP contribution in [0.1, 0.15) is 5.56 Å². The van der Waals surface area contributed by atoms with E-state index >= 15 is 0 Å². The van der Waals surface area contributed by atoms with E-state index in [1.54, 1.807) is 28.8 Å². The Morgan fingerprint density at radius 3 is 2.52 bits per heavy atom. The fourth-order valence-corrected chi connectivity index (χ4v) is 2.62. The molecule has 0 saturated heterocycles. The summed E-state index contributed by atoms with van der Waals surface area (Å²) in [4.78, 5) is 14.1. The molecule has 110 valence electrons. The highest BCUT2D eigenvalue weighted by Gasteiger charge is 2.12. The Bertz CT molecular complexity index is 616. The molecule has 21 heavy (non-hydrogen) atoms. The van der Waals surface area contributed by atoms with Crippen LogP contribution in [0.25, 0.3) is 0 Å². The van der Waals surface area contributed by atoms with Gasteiger partial charge < -0.3 is 10.0 Å². The molecule has 0 heterocycles. The summed E-state index contributed by atoms with van der Waals surface area (Å²) in [5.74, 6) is -0.865. The van der Waals surface area contributed by atoms with Gasteiger partial charge in [-0.3, -0.25) is 4.79 Å². The number of carboxylic acids is 1. The molecule has 0 bridgehead atoms. The SMILES string of the molecule is CSc1ccc(CN(CC(=O)O)c2cccc(Cl)c2)cc1. The van der Waals surface area contributed by atoms with Crippen molar-refractivity contribution >= 4 is 35.0 Å². The van der Waals surface area contributed by atoms with Crippen molar-refractivity contribution in [3.05, 3.63) is 59.1 Å². The van der Waals surface area contributed by atoms with E-state index in [0.717, 1.165) is 11.3 Å². The van der Waals surface area contributed by atoms with Crippen molar-refractivity contribution in [2.24, 2.45) is 0 Å². The molecule has 0 aliphatic heterocycles. The monoisotopic (exact) mass is 321 g/mol. The van der Waals surface area contributed by atoms with Crippen LogP contribution in [-0.2, 0) is 11.3 Å². The number of benzene rings is 2. The van der Waals surface area contributed by atoms with E-state index in [9.17, 15) is 4.79 Å². The second-order valence-corrected chi connectivity index (χ2v) is 5.89. The fourth-order valence-electron chi connectivity index (χ4n) is 2.03. The maximum atomic E-state index is 11.1. The molecule has 0 aromatic heterocycles. The zero-order chi connectivity index (χ0) is 15.2. The van der Waals surface area contributed by atoms with E-state index in [4.69, 9.17) is 16.7 Å². The summed E-state index contributed by atoms with van der Waals surface area (Å²) in [5, 5.41) is 9.69. The van der Waals surface area contributed by atoms with Crippen LogP contribution in [-0.4, -0.2) is 23.9 Å². The maximum Gasteiger partial charge on any atom is 0.323 e. The minimum Gasteiger partial charge on any atom is -0.480 e. The third kappa shape index (κ3) is 4.69. The minimum absolute atomic E-state index is 0.0649. The predicted octanol–water partition coefficient (Wildman–Crippen LogP) is 4.15. The molecule has 0 aliphatic carbocycles. The van der Waals surface area contributed by atoms with Gasteiger partial charge in [0.15, 0.2) is 0 Å². The zero-order valence-corrected chi connectivity index (χ0v) is 13.2. The molecule has 1 N–H and O–H groups in total. The molecule has 0 amide bonds. The fraction of sp³-hybridized carbons (Fsp3) is 0.188. The lowest BCUT2D eigenvalue weighted by Gasteiger charge is -2.23. The van der Waals surface area contributed by atoms with Crippen molar-refractivity contribution in [3.63, 3.8) is 0 Å². The van der Waals surface area contributed by atoms with Gasteiger partial charge in [-0.1, -0.05) is 29.8 Å². The van der Waals surface area contributed by atoms with Crippen LogP contribution in [0, 0.1) is 0 Å². The highest BCUT2D eigenvalue weighted by atomic mass is 35.5. The number of aliphatic carboxylic acids is 1. The van der Waals surface area contributed by atoms with Gasteiger partial charge in [0.25, 0.3) is 0 Å². The first-order valence-corrected chi connectivity index (χ1v) is 8.04. The molecular formula is C16H16ClNO2S. The van der Waals surface area contributed by atoms with Crippen LogP contribution in [0.3, 0.4) is 0 Å². The highest BCUT2D eigenvalue weighted by Crippen LogP contribution is 2.22. The summed E-state index contributed by atoms with van der Waals surface area (Å²) in [6.45, 7) is 0.464. The van der Waals surface area contributed by atoms with Gasteiger partial charge in [0, 0.05) is 22.2 Å². The normalized spacial score (nSPS) is 10.4. The van der Waals surface area contributed by atoms with Gasteiger partial charge >= 0.3 is 5.97 Å². The van der Waals surface area contributed by atoms with Gasteiger partial charge in [-0.15, -0.1) is 11.8 Å². The van der Waals surface area contributed by atoms with Crippen LogP contribution >= 0.6 is 23.4 Å². The number of hydrogen-bond acceptors (Lipinski definition) is 3. The van der Waals surface area contributed by atoms with Crippen molar-refractivity contribution < 1.29 is 9.90 Å². The third-order valence-electron chi connectivity index (χ3n) is 3.03. The van der Waals surface area contributed by atoms with Gasteiger partial charge in [-0.05, 0) is 42.2 Å². The zero-order valence-electron chi connectivity index (χ0n) is 11.6. The van der Waals surface area contributed by atoms with Crippen molar-refractivity contribution in [1.29, 1.82) is 0 Å². The van der Waals surface area contributed by atoms with Crippen molar-refractivity contribution in [2.45, 2.75) is 11.4 Å². The number of thioether (sulfide) groups is 1. The molecular weight excluding hydrogens is 306 g/mol. The molecule has 0 atom stereocenters. The standard InChI is InChI=1S/C16H16ClNO2S/c1-21-15-7-5-12(6-8-15)10-18(11-16(19)20)14-4-2-3-13(17)9-14/h2-9H,10-11H2,1H3,(H,19,20). The lowest BCUT2D eigenvalue weighted by Crippen LogP contribution is -2.29. The first-order chi connectivity index (χ1) is 10.1. The molecule has 0 aliphatic rings. The number of nitrogens with zero attached hydrogens (tertiary/aromatic N) is 1. The Kier molecular flexibility index (Phi) is 5.53. The molecule has 2 aromatic rings.